The molecule has 7 heteroatoms. The predicted octanol–water partition coefficient (Wildman–Crippen LogP) is 1.69. The topological polar surface area (TPSA) is 63.4 Å². The quantitative estimate of drug-likeness (QED) is 0.809. The number of hydrogen-bond acceptors (Lipinski definition) is 4. The molecule has 2 fully saturated rings. The predicted molar refractivity (Wildman–Crippen MR) is 107 cm³/mol. The van der Waals surface area contributed by atoms with Gasteiger partial charge in [-0.3, -0.25) is 14.3 Å². The normalized spacial score (nSPS) is 20.5. The van der Waals surface area contributed by atoms with Crippen molar-refractivity contribution in [2.75, 3.05) is 31.1 Å². The Morgan fingerprint density at radius 3 is 2.61 bits per heavy atom. The van der Waals surface area contributed by atoms with Gasteiger partial charge in [0.05, 0.1) is 6.54 Å². The molecule has 0 atom stereocenters. The molecule has 0 spiro atoms. The van der Waals surface area contributed by atoms with Gasteiger partial charge in [-0.15, -0.1) is 0 Å². The van der Waals surface area contributed by atoms with E-state index in [1.165, 1.54) is 10.2 Å². The summed E-state index contributed by atoms with van der Waals surface area (Å²) in [6.45, 7) is 3.01. The summed E-state index contributed by atoms with van der Waals surface area (Å²) in [6.07, 6.45) is 5.02. The van der Waals surface area contributed by atoms with E-state index in [9.17, 15) is 9.59 Å². The van der Waals surface area contributed by atoms with Gasteiger partial charge < -0.3 is 4.90 Å². The highest BCUT2D eigenvalue weighted by Crippen LogP contribution is 2.37. The van der Waals surface area contributed by atoms with Gasteiger partial charge in [0.15, 0.2) is 0 Å². The highest BCUT2D eigenvalue weighted by molar-refractivity contribution is 5.96. The molecular formula is C21H27N5O2. The Morgan fingerprint density at radius 1 is 1.11 bits per heavy atom. The largest absolute Gasteiger partial charge is 0.345 e. The van der Waals surface area contributed by atoms with Crippen molar-refractivity contribution in [3.8, 4) is 0 Å². The van der Waals surface area contributed by atoms with Crippen molar-refractivity contribution in [1.29, 1.82) is 0 Å². The van der Waals surface area contributed by atoms with Crippen LogP contribution in [0.1, 0.15) is 49.0 Å². The fourth-order valence-corrected chi connectivity index (χ4v) is 4.68. The van der Waals surface area contributed by atoms with Crippen LogP contribution in [0.2, 0.25) is 0 Å². The lowest BCUT2D eigenvalue weighted by molar-refractivity contribution is -0.119. The van der Waals surface area contributed by atoms with E-state index in [4.69, 9.17) is 0 Å². The molecule has 0 unspecified atom stereocenters. The molecule has 1 saturated heterocycles. The number of rotatable bonds is 4. The number of aromatic nitrogens is 3. The molecule has 1 aromatic heterocycles. The van der Waals surface area contributed by atoms with Crippen molar-refractivity contribution in [1.82, 2.24) is 19.2 Å². The van der Waals surface area contributed by atoms with E-state index in [0.29, 0.717) is 18.5 Å². The molecule has 28 heavy (non-hydrogen) atoms. The molecule has 2 aromatic rings. The standard InChI is InChI=1S/C21H27N5O2/c1-23-21(28)26(17-6-7-17)20(22-23)16-8-11-24(12-9-16)14-19(27)25-13-10-15-4-2-3-5-18(15)25/h2-5,16-17H,6-14H2,1H3. The zero-order chi connectivity index (χ0) is 19.3. The monoisotopic (exact) mass is 381 g/mol. The summed E-state index contributed by atoms with van der Waals surface area (Å²) in [5, 5.41) is 4.54. The van der Waals surface area contributed by atoms with Crippen LogP contribution in [-0.2, 0) is 18.3 Å². The first-order chi connectivity index (χ1) is 13.6. The van der Waals surface area contributed by atoms with Gasteiger partial charge in [-0.25, -0.2) is 9.48 Å². The average molecular weight is 381 g/mol. The van der Waals surface area contributed by atoms with Crippen LogP contribution in [0, 0.1) is 0 Å². The Morgan fingerprint density at radius 2 is 1.86 bits per heavy atom. The van der Waals surface area contributed by atoms with E-state index in [1.807, 2.05) is 27.7 Å². The molecular weight excluding hydrogens is 354 g/mol. The fourth-order valence-electron chi connectivity index (χ4n) is 4.68. The third-order valence-electron chi connectivity index (χ3n) is 6.39. The molecule has 0 N–H and O–H groups in total. The highest BCUT2D eigenvalue weighted by Gasteiger charge is 2.34. The average Bonchev–Trinajstić information content (AvgIpc) is 3.37. The number of carbonyl (C=O) groups is 1. The SMILES string of the molecule is Cn1nc(C2CCN(CC(=O)N3CCc4ccccc43)CC2)n(C2CC2)c1=O. The Kier molecular flexibility index (Phi) is 4.34. The number of likely N-dealkylation sites (tertiary alicyclic amines) is 1. The number of hydrogen-bond donors (Lipinski definition) is 0. The van der Waals surface area contributed by atoms with Crippen molar-refractivity contribution >= 4 is 11.6 Å². The summed E-state index contributed by atoms with van der Waals surface area (Å²) >= 11 is 0. The second-order valence-corrected chi connectivity index (χ2v) is 8.34. The molecule has 1 aliphatic carbocycles. The zero-order valence-corrected chi connectivity index (χ0v) is 16.4. The third kappa shape index (κ3) is 3.07. The molecule has 0 bridgehead atoms. The first kappa shape index (κ1) is 17.7. The van der Waals surface area contributed by atoms with Crippen LogP contribution in [-0.4, -0.2) is 51.3 Å². The van der Waals surface area contributed by atoms with Crippen molar-refractivity contribution < 1.29 is 4.79 Å². The minimum Gasteiger partial charge on any atom is -0.311 e. The minimum atomic E-state index is 0.0165. The Hall–Kier alpha value is -2.41. The second-order valence-electron chi connectivity index (χ2n) is 8.34. The maximum atomic E-state index is 12.9. The number of fused-ring (bicyclic) bond motifs is 1. The summed E-state index contributed by atoms with van der Waals surface area (Å²) in [4.78, 5) is 29.4. The Balaban J connectivity index is 1.22. The maximum absolute atomic E-state index is 12.9. The van der Waals surface area contributed by atoms with E-state index in [0.717, 1.165) is 63.3 Å². The lowest BCUT2D eigenvalue weighted by Gasteiger charge is -2.32. The first-order valence-electron chi connectivity index (χ1n) is 10.4. The first-order valence-corrected chi connectivity index (χ1v) is 10.4. The van der Waals surface area contributed by atoms with E-state index in [-0.39, 0.29) is 11.6 Å². The lowest BCUT2D eigenvalue weighted by atomic mass is 9.96. The summed E-state index contributed by atoms with van der Waals surface area (Å²) in [6, 6.07) is 8.55. The van der Waals surface area contributed by atoms with Crippen molar-refractivity contribution in [3.05, 3.63) is 46.1 Å². The molecule has 5 rings (SSSR count). The molecule has 3 heterocycles. The van der Waals surface area contributed by atoms with Gasteiger partial charge in [-0.05, 0) is 56.8 Å². The van der Waals surface area contributed by atoms with Crippen LogP contribution in [0.3, 0.4) is 0 Å². The molecule has 3 aliphatic rings. The number of amides is 1. The molecule has 2 aliphatic heterocycles. The van der Waals surface area contributed by atoms with Crippen LogP contribution in [0.5, 0.6) is 0 Å². The number of para-hydroxylation sites is 1. The Labute approximate surface area is 164 Å². The molecule has 1 aromatic carbocycles. The summed E-state index contributed by atoms with van der Waals surface area (Å²) in [7, 11) is 1.74. The number of carbonyl (C=O) groups excluding carboxylic acids is 1. The van der Waals surface area contributed by atoms with E-state index in [1.54, 1.807) is 7.05 Å². The maximum Gasteiger partial charge on any atom is 0.345 e. The molecule has 148 valence electrons. The van der Waals surface area contributed by atoms with E-state index < -0.39 is 0 Å². The molecule has 1 saturated carbocycles. The smallest absolute Gasteiger partial charge is 0.311 e. The number of aryl methyl sites for hydroxylation is 1. The van der Waals surface area contributed by atoms with Crippen molar-refractivity contribution in [2.45, 2.75) is 44.1 Å². The summed E-state index contributed by atoms with van der Waals surface area (Å²) < 4.78 is 3.40. The summed E-state index contributed by atoms with van der Waals surface area (Å²) in [5.41, 5.74) is 2.36. The van der Waals surface area contributed by atoms with Crippen LogP contribution >= 0.6 is 0 Å². The van der Waals surface area contributed by atoms with Crippen LogP contribution < -0.4 is 10.6 Å². The lowest BCUT2D eigenvalue weighted by Crippen LogP contribution is -2.43. The Bertz CT molecular complexity index is 950. The van der Waals surface area contributed by atoms with Crippen molar-refractivity contribution in [2.24, 2.45) is 7.05 Å². The number of benzene rings is 1. The van der Waals surface area contributed by atoms with E-state index in [2.05, 4.69) is 16.1 Å². The fraction of sp³-hybridized carbons (Fsp3) is 0.571. The van der Waals surface area contributed by atoms with Crippen LogP contribution in [0.25, 0.3) is 0 Å². The van der Waals surface area contributed by atoms with Gasteiger partial charge in [0, 0.05) is 31.2 Å². The number of piperidine rings is 1. The van der Waals surface area contributed by atoms with E-state index >= 15 is 0 Å². The zero-order valence-electron chi connectivity index (χ0n) is 16.4. The highest BCUT2D eigenvalue weighted by atomic mass is 16.2. The van der Waals surface area contributed by atoms with Gasteiger partial charge in [0.25, 0.3) is 0 Å². The molecule has 1 amide bonds. The van der Waals surface area contributed by atoms with Crippen LogP contribution in [0.15, 0.2) is 29.1 Å². The van der Waals surface area contributed by atoms with Gasteiger partial charge in [-0.1, -0.05) is 18.2 Å². The number of anilines is 1. The second kappa shape index (κ2) is 6.88. The molecule has 0 radical (unpaired) electrons. The summed E-state index contributed by atoms with van der Waals surface area (Å²) in [5.74, 6) is 1.46. The minimum absolute atomic E-state index is 0.0165. The number of nitrogens with zero attached hydrogens (tertiary/aromatic N) is 5. The van der Waals surface area contributed by atoms with Crippen molar-refractivity contribution in [3.63, 3.8) is 0 Å². The van der Waals surface area contributed by atoms with Crippen LogP contribution in [0.4, 0.5) is 5.69 Å². The third-order valence-corrected chi connectivity index (χ3v) is 6.39. The van der Waals surface area contributed by atoms with Gasteiger partial charge >= 0.3 is 5.69 Å². The van der Waals surface area contributed by atoms with Gasteiger partial charge in [0.1, 0.15) is 5.82 Å². The molecule has 7 nitrogen and oxygen atoms in total. The van der Waals surface area contributed by atoms with Gasteiger partial charge in [-0.2, -0.15) is 5.10 Å². The van der Waals surface area contributed by atoms with Gasteiger partial charge in [0.2, 0.25) is 5.91 Å².